The lowest BCUT2D eigenvalue weighted by molar-refractivity contribution is 0.533. The Bertz CT molecular complexity index is 731. The van der Waals surface area contributed by atoms with Gasteiger partial charge in [0.05, 0.1) is 0 Å². The standard InChI is InChI=1S/C13H18N4O2/c1-16-11-10(12(18)17(2)13(16)19)14-9(15-11)7-8-5-3-4-6-8/h8H,3-7H2,1-2H3,(H,14,15). The van der Waals surface area contributed by atoms with Crippen LogP contribution in [0.1, 0.15) is 31.5 Å². The van der Waals surface area contributed by atoms with Gasteiger partial charge in [0.25, 0.3) is 5.56 Å². The summed E-state index contributed by atoms with van der Waals surface area (Å²) in [6, 6.07) is 0. The predicted octanol–water partition coefficient (Wildman–Crippen LogP) is 0.693. The van der Waals surface area contributed by atoms with Gasteiger partial charge in [-0.05, 0) is 5.92 Å². The zero-order valence-corrected chi connectivity index (χ0v) is 11.3. The number of aryl methyl sites for hydroxylation is 1. The summed E-state index contributed by atoms with van der Waals surface area (Å²) < 4.78 is 2.53. The second kappa shape index (κ2) is 4.36. The molecule has 2 aromatic rings. The first-order chi connectivity index (χ1) is 9.08. The Kier molecular flexibility index (Phi) is 2.80. The van der Waals surface area contributed by atoms with Gasteiger partial charge in [-0.25, -0.2) is 9.78 Å². The highest BCUT2D eigenvalue weighted by molar-refractivity contribution is 5.69. The van der Waals surface area contributed by atoms with Crippen molar-refractivity contribution in [3.05, 3.63) is 26.7 Å². The molecule has 3 rings (SSSR count). The van der Waals surface area contributed by atoms with Crippen molar-refractivity contribution in [3.63, 3.8) is 0 Å². The number of nitrogens with zero attached hydrogens (tertiary/aromatic N) is 3. The highest BCUT2D eigenvalue weighted by Crippen LogP contribution is 2.27. The zero-order chi connectivity index (χ0) is 13.6. The fourth-order valence-corrected chi connectivity index (χ4v) is 2.96. The van der Waals surface area contributed by atoms with E-state index < -0.39 is 0 Å². The van der Waals surface area contributed by atoms with Crippen LogP contribution >= 0.6 is 0 Å². The van der Waals surface area contributed by atoms with Gasteiger partial charge in [0.15, 0.2) is 5.65 Å². The van der Waals surface area contributed by atoms with Crippen molar-refractivity contribution in [2.75, 3.05) is 0 Å². The average Bonchev–Trinajstić information content (AvgIpc) is 3.04. The molecule has 1 aliphatic rings. The van der Waals surface area contributed by atoms with Crippen LogP contribution in [0, 0.1) is 5.92 Å². The van der Waals surface area contributed by atoms with E-state index in [1.165, 1.54) is 37.3 Å². The molecule has 6 nitrogen and oxygen atoms in total. The molecule has 6 heteroatoms. The van der Waals surface area contributed by atoms with Gasteiger partial charge >= 0.3 is 5.69 Å². The fourth-order valence-electron chi connectivity index (χ4n) is 2.96. The largest absolute Gasteiger partial charge is 0.336 e. The van der Waals surface area contributed by atoms with E-state index >= 15 is 0 Å². The lowest BCUT2D eigenvalue weighted by atomic mass is 10.0. The number of imidazole rings is 1. The average molecular weight is 262 g/mol. The lowest BCUT2D eigenvalue weighted by Crippen LogP contribution is -2.36. The van der Waals surface area contributed by atoms with Crippen LogP contribution in [0.15, 0.2) is 9.59 Å². The molecule has 0 atom stereocenters. The fraction of sp³-hybridized carbons (Fsp3) is 0.615. The maximum absolute atomic E-state index is 12.0. The van der Waals surface area contributed by atoms with Crippen molar-refractivity contribution >= 4 is 11.2 Å². The summed E-state index contributed by atoms with van der Waals surface area (Å²) in [7, 11) is 3.13. The maximum atomic E-state index is 12.0. The van der Waals surface area contributed by atoms with Crippen molar-refractivity contribution in [2.24, 2.45) is 20.0 Å². The summed E-state index contributed by atoms with van der Waals surface area (Å²) in [6.07, 6.45) is 5.89. The zero-order valence-electron chi connectivity index (χ0n) is 11.3. The molecule has 0 aliphatic heterocycles. The molecule has 0 amide bonds. The number of aromatic amines is 1. The van der Waals surface area contributed by atoms with Crippen LogP contribution in [0.4, 0.5) is 0 Å². The third-order valence-corrected chi connectivity index (χ3v) is 4.10. The van der Waals surface area contributed by atoms with Gasteiger partial charge in [0, 0.05) is 20.5 Å². The normalized spacial score (nSPS) is 16.5. The van der Waals surface area contributed by atoms with E-state index in [1.54, 1.807) is 7.05 Å². The third kappa shape index (κ3) is 1.91. The van der Waals surface area contributed by atoms with Crippen LogP contribution in [0.3, 0.4) is 0 Å². The van der Waals surface area contributed by atoms with Gasteiger partial charge in [0.1, 0.15) is 11.3 Å². The number of hydrogen-bond acceptors (Lipinski definition) is 3. The molecular weight excluding hydrogens is 244 g/mol. The third-order valence-electron chi connectivity index (χ3n) is 4.10. The molecule has 1 aliphatic carbocycles. The van der Waals surface area contributed by atoms with E-state index in [4.69, 9.17) is 0 Å². The molecule has 1 N–H and O–H groups in total. The van der Waals surface area contributed by atoms with Gasteiger partial charge < -0.3 is 4.98 Å². The predicted molar refractivity (Wildman–Crippen MR) is 72.2 cm³/mol. The van der Waals surface area contributed by atoms with Crippen molar-refractivity contribution in [3.8, 4) is 0 Å². The molecule has 0 spiro atoms. The molecule has 2 heterocycles. The number of H-pyrrole nitrogens is 1. The summed E-state index contributed by atoms with van der Waals surface area (Å²) in [5.74, 6) is 1.47. The topological polar surface area (TPSA) is 72.7 Å². The van der Waals surface area contributed by atoms with Crippen LogP contribution in [0.25, 0.3) is 11.2 Å². The minimum Gasteiger partial charge on any atom is -0.336 e. The van der Waals surface area contributed by atoms with Gasteiger partial charge in [-0.1, -0.05) is 25.7 Å². The van der Waals surface area contributed by atoms with Gasteiger partial charge in [0.2, 0.25) is 0 Å². The Morgan fingerprint density at radius 2 is 1.89 bits per heavy atom. The molecule has 1 saturated carbocycles. The van der Waals surface area contributed by atoms with Crippen molar-refractivity contribution in [1.82, 2.24) is 19.1 Å². The lowest BCUT2D eigenvalue weighted by Gasteiger charge is -2.04. The first-order valence-electron chi connectivity index (χ1n) is 6.72. The van der Waals surface area contributed by atoms with Crippen molar-refractivity contribution in [2.45, 2.75) is 32.1 Å². The van der Waals surface area contributed by atoms with Crippen molar-refractivity contribution < 1.29 is 0 Å². The molecule has 0 bridgehead atoms. The second-order valence-electron chi connectivity index (χ2n) is 5.44. The molecule has 0 saturated heterocycles. The number of hydrogen-bond donors (Lipinski definition) is 1. The van der Waals surface area contributed by atoms with Gasteiger partial charge in [-0.15, -0.1) is 0 Å². The second-order valence-corrected chi connectivity index (χ2v) is 5.44. The molecule has 1 fully saturated rings. The Morgan fingerprint density at radius 3 is 2.58 bits per heavy atom. The van der Waals surface area contributed by atoms with Crippen LogP contribution in [0.5, 0.6) is 0 Å². The summed E-state index contributed by atoms with van der Waals surface area (Å²) in [6.45, 7) is 0. The van der Waals surface area contributed by atoms with Gasteiger partial charge in [-0.3, -0.25) is 13.9 Å². The van der Waals surface area contributed by atoms with Gasteiger partial charge in [-0.2, -0.15) is 0 Å². The van der Waals surface area contributed by atoms with E-state index in [-0.39, 0.29) is 11.2 Å². The van der Waals surface area contributed by atoms with Crippen molar-refractivity contribution in [1.29, 1.82) is 0 Å². The Morgan fingerprint density at radius 1 is 1.21 bits per heavy atom. The first kappa shape index (κ1) is 12.2. The minimum atomic E-state index is -0.337. The molecule has 102 valence electrons. The smallest absolute Gasteiger partial charge is 0.332 e. The molecule has 0 unspecified atom stereocenters. The summed E-state index contributed by atoms with van der Waals surface area (Å²) >= 11 is 0. The van der Waals surface area contributed by atoms with Crippen LogP contribution < -0.4 is 11.2 Å². The first-order valence-corrected chi connectivity index (χ1v) is 6.72. The number of nitrogens with one attached hydrogen (secondary N) is 1. The minimum absolute atomic E-state index is 0.303. The quantitative estimate of drug-likeness (QED) is 0.865. The van der Waals surface area contributed by atoms with E-state index in [0.717, 1.165) is 16.8 Å². The highest BCUT2D eigenvalue weighted by atomic mass is 16.2. The molecule has 0 radical (unpaired) electrons. The molecule has 0 aromatic carbocycles. The number of fused-ring (bicyclic) bond motifs is 1. The van der Waals surface area contributed by atoms with E-state index in [2.05, 4.69) is 9.97 Å². The summed E-state index contributed by atoms with van der Waals surface area (Å²) in [5, 5.41) is 0. The van der Waals surface area contributed by atoms with Crippen LogP contribution in [0.2, 0.25) is 0 Å². The van der Waals surface area contributed by atoms with E-state index in [9.17, 15) is 9.59 Å². The molecule has 19 heavy (non-hydrogen) atoms. The Balaban J connectivity index is 2.10. The summed E-state index contributed by atoms with van der Waals surface area (Å²) in [5.41, 5.74) is 0.249. The van der Waals surface area contributed by atoms with Crippen LogP contribution in [-0.2, 0) is 20.5 Å². The monoisotopic (exact) mass is 262 g/mol. The SMILES string of the molecule is Cn1c(=O)c2[nH]c(CC3CCCC3)nc2n(C)c1=O. The van der Waals surface area contributed by atoms with Crippen LogP contribution in [-0.4, -0.2) is 19.1 Å². The molecule has 2 aromatic heterocycles. The number of aromatic nitrogens is 4. The van der Waals surface area contributed by atoms with E-state index in [1.807, 2.05) is 0 Å². The molecular formula is C13H18N4O2. The summed E-state index contributed by atoms with van der Waals surface area (Å²) in [4.78, 5) is 31.4. The Labute approximate surface area is 110 Å². The maximum Gasteiger partial charge on any atom is 0.332 e. The highest BCUT2D eigenvalue weighted by Gasteiger charge is 2.19. The number of rotatable bonds is 2. The Hall–Kier alpha value is -1.85. The van der Waals surface area contributed by atoms with E-state index in [0.29, 0.717) is 17.1 Å².